The van der Waals surface area contributed by atoms with Crippen LogP contribution < -0.4 is 10.1 Å². The van der Waals surface area contributed by atoms with Gasteiger partial charge in [0.25, 0.3) is 5.91 Å². The lowest BCUT2D eigenvalue weighted by Gasteiger charge is -2.29. The van der Waals surface area contributed by atoms with Crippen molar-refractivity contribution in [1.29, 1.82) is 0 Å². The maximum Gasteiger partial charge on any atom is 0.261 e. The highest BCUT2D eigenvalue weighted by molar-refractivity contribution is 6.31. The molecule has 0 heterocycles. The summed E-state index contributed by atoms with van der Waals surface area (Å²) in [7, 11) is 0. The number of ether oxygens (including phenoxy) is 1. The van der Waals surface area contributed by atoms with E-state index in [1.165, 1.54) is 4.90 Å². The predicted octanol–water partition coefficient (Wildman–Crippen LogP) is 4.98. The molecule has 31 heavy (non-hydrogen) atoms. The standard InChI is InChI=1S/C25H33ClN2O3/c1-6-7-12-27-25(30)20(5)28(15-21-10-8-9-11-22(21)26)24(29)16-31-23-14-17(2)13-18(3)19(23)4/h8-11,13-14,20H,6-7,12,15-16H2,1-5H3,(H,27,30)/t20-/m0/s1. The second-order valence-corrected chi connectivity index (χ2v) is 8.33. The molecule has 2 aromatic rings. The SMILES string of the molecule is CCCCNC(=O)[C@H](C)N(Cc1ccccc1Cl)C(=O)COc1cc(C)cc(C)c1C. The molecular weight excluding hydrogens is 412 g/mol. The third-order valence-electron chi connectivity index (χ3n) is 5.41. The molecule has 2 aromatic carbocycles. The van der Waals surface area contributed by atoms with Crippen LogP contribution in [0.15, 0.2) is 36.4 Å². The van der Waals surface area contributed by atoms with E-state index in [9.17, 15) is 9.59 Å². The van der Waals surface area contributed by atoms with Gasteiger partial charge in [-0.3, -0.25) is 9.59 Å². The van der Waals surface area contributed by atoms with Gasteiger partial charge in [0.05, 0.1) is 0 Å². The molecule has 168 valence electrons. The average molecular weight is 445 g/mol. The van der Waals surface area contributed by atoms with Crippen LogP contribution in [0.3, 0.4) is 0 Å². The summed E-state index contributed by atoms with van der Waals surface area (Å²) >= 11 is 6.32. The van der Waals surface area contributed by atoms with Crippen LogP contribution in [-0.2, 0) is 16.1 Å². The maximum atomic E-state index is 13.2. The Hall–Kier alpha value is -2.53. The van der Waals surface area contributed by atoms with Gasteiger partial charge in [0.15, 0.2) is 6.61 Å². The van der Waals surface area contributed by atoms with Gasteiger partial charge in [0.1, 0.15) is 11.8 Å². The number of nitrogens with one attached hydrogen (secondary N) is 1. The van der Waals surface area contributed by atoms with E-state index in [1.807, 2.05) is 45.0 Å². The first-order chi connectivity index (χ1) is 14.7. The lowest BCUT2D eigenvalue weighted by molar-refractivity contribution is -0.142. The van der Waals surface area contributed by atoms with Crippen molar-refractivity contribution < 1.29 is 14.3 Å². The molecule has 0 aromatic heterocycles. The molecule has 0 saturated heterocycles. The second kappa shape index (κ2) is 11.8. The highest BCUT2D eigenvalue weighted by atomic mass is 35.5. The molecule has 2 amide bonds. The third-order valence-corrected chi connectivity index (χ3v) is 5.78. The van der Waals surface area contributed by atoms with Crippen molar-refractivity contribution in [2.45, 2.75) is 60.0 Å². The Balaban J connectivity index is 2.19. The molecule has 0 unspecified atom stereocenters. The molecule has 6 heteroatoms. The van der Waals surface area contributed by atoms with Crippen LogP contribution in [0.25, 0.3) is 0 Å². The maximum absolute atomic E-state index is 13.2. The Bertz CT molecular complexity index is 914. The normalized spacial score (nSPS) is 11.7. The topological polar surface area (TPSA) is 58.6 Å². The van der Waals surface area contributed by atoms with Crippen LogP contribution in [-0.4, -0.2) is 35.9 Å². The molecule has 0 bridgehead atoms. The van der Waals surface area contributed by atoms with E-state index in [0.717, 1.165) is 35.1 Å². The molecule has 0 aliphatic rings. The molecule has 0 fully saturated rings. The van der Waals surface area contributed by atoms with Gasteiger partial charge in [-0.05, 0) is 68.5 Å². The molecule has 0 aliphatic heterocycles. The number of halogens is 1. The molecule has 2 rings (SSSR count). The minimum absolute atomic E-state index is 0.152. The molecule has 1 atom stereocenters. The average Bonchev–Trinajstić information content (AvgIpc) is 2.74. The smallest absolute Gasteiger partial charge is 0.261 e. The number of carbonyl (C=O) groups excluding carboxylic acids is 2. The van der Waals surface area contributed by atoms with Crippen molar-refractivity contribution in [3.05, 3.63) is 63.7 Å². The highest BCUT2D eigenvalue weighted by Gasteiger charge is 2.27. The molecule has 5 nitrogen and oxygen atoms in total. The van der Waals surface area contributed by atoms with Crippen molar-refractivity contribution in [3.63, 3.8) is 0 Å². The quantitative estimate of drug-likeness (QED) is 0.526. The highest BCUT2D eigenvalue weighted by Crippen LogP contribution is 2.24. The first-order valence-corrected chi connectivity index (χ1v) is 11.1. The lowest BCUT2D eigenvalue weighted by Crippen LogP contribution is -2.49. The number of aryl methyl sites for hydroxylation is 2. The first kappa shape index (κ1) is 24.7. The minimum Gasteiger partial charge on any atom is -0.483 e. The van der Waals surface area contributed by atoms with Gasteiger partial charge in [-0.15, -0.1) is 0 Å². The molecular formula is C25H33ClN2O3. The van der Waals surface area contributed by atoms with E-state index in [0.29, 0.717) is 17.3 Å². The zero-order chi connectivity index (χ0) is 23.0. The van der Waals surface area contributed by atoms with Gasteiger partial charge < -0.3 is 15.0 Å². The largest absolute Gasteiger partial charge is 0.483 e. The van der Waals surface area contributed by atoms with Crippen LogP contribution in [0.5, 0.6) is 5.75 Å². The van der Waals surface area contributed by atoms with Crippen molar-refractivity contribution in [1.82, 2.24) is 10.2 Å². The minimum atomic E-state index is -0.649. The number of benzene rings is 2. The van der Waals surface area contributed by atoms with E-state index in [-0.39, 0.29) is 25.0 Å². The Morgan fingerprint density at radius 2 is 1.87 bits per heavy atom. The fourth-order valence-electron chi connectivity index (χ4n) is 3.30. The van der Waals surface area contributed by atoms with Crippen LogP contribution in [0.2, 0.25) is 5.02 Å². The third kappa shape index (κ3) is 7.00. The summed E-state index contributed by atoms with van der Waals surface area (Å²) in [5, 5.41) is 3.47. The summed E-state index contributed by atoms with van der Waals surface area (Å²) in [6.45, 7) is 10.5. The van der Waals surface area contributed by atoms with Crippen LogP contribution in [0.4, 0.5) is 0 Å². The van der Waals surface area contributed by atoms with Crippen LogP contribution in [0.1, 0.15) is 48.9 Å². The van der Waals surface area contributed by atoms with Gasteiger partial charge >= 0.3 is 0 Å². The van der Waals surface area contributed by atoms with Crippen molar-refractivity contribution in [3.8, 4) is 5.75 Å². The summed E-state index contributed by atoms with van der Waals surface area (Å²) in [5.41, 5.74) is 3.97. The van der Waals surface area contributed by atoms with Crippen molar-refractivity contribution in [2.24, 2.45) is 0 Å². The number of unbranched alkanes of at least 4 members (excludes halogenated alkanes) is 1. The summed E-state index contributed by atoms with van der Waals surface area (Å²) in [4.78, 5) is 27.4. The number of hydrogen-bond donors (Lipinski definition) is 1. The fourth-order valence-corrected chi connectivity index (χ4v) is 3.50. The Morgan fingerprint density at radius 1 is 1.16 bits per heavy atom. The van der Waals surface area contributed by atoms with Crippen LogP contribution in [0, 0.1) is 20.8 Å². The lowest BCUT2D eigenvalue weighted by atomic mass is 10.1. The van der Waals surface area contributed by atoms with Gasteiger partial charge in [0.2, 0.25) is 5.91 Å². The first-order valence-electron chi connectivity index (χ1n) is 10.8. The van der Waals surface area contributed by atoms with E-state index in [2.05, 4.69) is 18.3 Å². The molecule has 0 saturated carbocycles. The Morgan fingerprint density at radius 3 is 2.55 bits per heavy atom. The number of rotatable bonds is 10. The predicted molar refractivity (Wildman–Crippen MR) is 126 cm³/mol. The Kier molecular flexibility index (Phi) is 9.38. The van der Waals surface area contributed by atoms with Gasteiger partial charge in [0, 0.05) is 18.1 Å². The summed E-state index contributed by atoms with van der Waals surface area (Å²) in [5.74, 6) is 0.233. The number of hydrogen-bond acceptors (Lipinski definition) is 3. The summed E-state index contributed by atoms with van der Waals surface area (Å²) in [6, 6.07) is 10.7. The Labute approximate surface area is 190 Å². The van der Waals surface area contributed by atoms with Crippen molar-refractivity contribution >= 4 is 23.4 Å². The van der Waals surface area contributed by atoms with Crippen molar-refractivity contribution in [2.75, 3.05) is 13.2 Å². The second-order valence-electron chi connectivity index (χ2n) is 7.93. The van der Waals surface area contributed by atoms with Gasteiger partial charge in [-0.1, -0.05) is 49.2 Å². The number of nitrogens with zero attached hydrogens (tertiary/aromatic N) is 1. The van der Waals surface area contributed by atoms with Gasteiger partial charge in [-0.2, -0.15) is 0 Å². The van der Waals surface area contributed by atoms with E-state index < -0.39 is 6.04 Å². The molecule has 1 N–H and O–H groups in total. The molecule has 0 radical (unpaired) electrons. The number of carbonyl (C=O) groups is 2. The molecule has 0 spiro atoms. The van der Waals surface area contributed by atoms with E-state index in [4.69, 9.17) is 16.3 Å². The van der Waals surface area contributed by atoms with Gasteiger partial charge in [-0.25, -0.2) is 0 Å². The number of amides is 2. The van der Waals surface area contributed by atoms with E-state index >= 15 is 0 Å². The van der Waals surface area contributed by atoms with E-state index in [1.54, 1.807) is 13.0 Å². The fraction of sp³-hybridized carbons (Fsp3) is 0.440. The summed E-state index contributed by atoms with van der Waals surface area (Å²) in [6.07, 6.45) is 1.88. The molecule has 0 aliphatic carbocycles. The zero-order valence-corrected chi connectivity index (χ0v) is 19.9. The summed E-state index contributed by atoms with van der Waals surface area (Å²) < 4.78 is 5.88. The zero-order valence-electron chi connectivity index (χ0n) is 19.1. The van der Waals surface area contributed by atoms with Crippen LogP contribution >= 0.6 is 11.6 Å². The monoisotopic (exact) mass is 444 g/mol.